The Bertz CT molecular complexity index is 764. The van der Waals surface area contributed by atoms with Crippen molar-refractivity contribution in [2.24, 2.45) is 0 Å². The molecule has 2 aromatic rings. The highest BCUT2D eigenvalue weighted by Crippen LogP contribution is 2.29. The molecule has 1 unspecified atom stereocenters. The van der Waals surface area contributed by atoms with Crippen molar-refractivity contribution in [2.75, 3.05) is 12.4 Å². The molecule has 5 nitrogen and oxygen atoms in total. The summed E-state index contributed by atoms with van der Waals surface area (Å²) in [5.41, 5.74) is 0.657. The molecule has 0 aliphatic rings. The van der Waals surface area contributed by atoms with Gasteiger partial charge in [-0.15, -0.1) is 0 Å². The number of ether oxygens (including phenoxy) is 2. The van der Waals surface area contributed by atoms with Crippen molar-refractivity contribution in [1.29, 1.82) is 0 Å². The average Bonchev–Trinajstić information content (AvgIpc) is 2.57. The van der Waals surface area contributed by atoms with Crippen molar-refractivity contribution in [3.8, 4) is 5.75 Å². The summed E-state index contributed by atoms with van der Waals surface area (Å²) in [7, 11) is 1.29. The Morgan fingerprint density at radius 1 is 1.12 bits per heavy atom. The minimum absolute atomic E-state index is 0.283. The van der Waals surface area contributed by atoms with Gasteiger partial charge in [-0.25, -0.2) is 4.79 Å². The van der Waals surface area contributed by atoms with E-state index in [1.807, 2.05) is 12.1 Å². The van der Waals surface area contributed by atoms with Crippen LogP contribution in [0.25, 0.3) is 0 Å². The molecule has 0 heterocycles. The van der Waals surface area contributed by atoms with Gasteiger partial charge in [-0.2, -0.15) is 0 Å². The molecular formula is C17H15Br2NO4. The standard InChI is InChI=1S/C17H15Br2NO4/c1-10(24-15-8-7-11(18)9-13(15)19)16(21)20-14-6-4-3-5-12(14)17(22)23-2/h3-10H,1-2H3,(H,20,21). The van der Waals surface area contributed by atoms with E-state index >= 15 is 0 Å². The maximum atomic E-state index is 12.3. The molecule has 0 bridgehead atoms. The number of amides is 1. The number of esters is 1. The highest BCUT2D eigenvalue weighted by atomic mass is 79.9. The van der Waals surface area contributed by atoms with Crippen LogP contribution in [0.15, 0.2) is 51.4 Å². The molecule has 2 rings (SSSR count). The van der Waals surface area contributed by atoms with E-state index in [0.717, 1.165) is 8.95 Å². The molecule has 0 aromatic heterocycles. The number of carbonyl (C=O) groups is 2. The quantitative estimate of drug-likeness (QED) is 0.677. The number of halogens is 2. The Labute approximate surface area is 156 Å². The summed E-state index contributed by atoms with van der Waals surface area (Å²) in [5, 5.41) is 2.69. The lowest BCUT2D eigenvalue weighted by molar-refractivity contribution is -0.122. The Morgan fingerprint density at radius 2 is 1.83 bits per heavy atom. The zero-order valence-electron chi connectivity index (χ0n) is 13.0. The molecule has 1 amide bonds. The smallest absolute Gasteiger partial charge is 0.339 e. The molecule has 0 spiro atoms. The van der Waals surface area contributed by atoms with Gasteiger partial charge in [0.2, 0.25) is 0 Å². The lowest BCUT2D eigenvalue weighted by atomic mass is 10.1. The molecule has 2 aromatic carbocycles. The van der Waals surface area contributed by atoms with Crippen LogP contribution in [0.2, 0.25) is 0 Å². The van der Waals surface area contributed by atoms with Gasteiger partial charge in [0.25, 0.3) is 5.91 Å². The zero-order chi connectivity index (χ0) is 17.7. The van der Waals surface area contributed by atoms with Crippen molar-refractivity contribution in [3.05, 3.63) is 57.0 Å². The zero-order valence-corrected chi connectivity index (χ0v) is 16.2. The van der Waals surface area contributed by atoms with E-state index in [4.69, 9.17) is 9.47 Å². The monoisotopic (exact) mass is 455 g/mol. The van der Waals surface area contributed by atoms with E-state index in [1.54, 1.807) is 37.3 Å². The number of hydrogen-bond acceptors (Lipinski definition) is 4. The van der Waals surface area contributed by atoms with Crippen LogP contribution in [0, 0.1) is 0 Å². The van der Waals surface area contributed by atoms with E-state index in [-0.39, 0.29) is 11.5 Å². The predicted molar refractivity (Wildman–Crippen MR) is 98.3 cm³/mol. The van der Waals surface area contributed by atoms with Gasteiger partial charge in [0, 0.05) is 4.47 Å². The summed E-state index contributed by atoms with van der Waals surface area (Å²) in [6.45, 7) is 1.63. The summed E-state index contributed by atoms with van der Waals surface area (Å²) in [6, 6.07) is 12.0. The second-order valence-electron chi connectivity index (χ2n) is 4.86. The third-order valence-electron chi connectivity index (χ3n) is 3.16. The normalized spacial score (nSPS) is 11.5. The molecule has 0 aliphatic heterocycles. The second-order valence-corrected chi connectivity index (χ2v) is 6.63. The van der Waals surface area contributed by atoms with Crippen LogP contribution in [0.5, 0.6) is 5.75 Å². The largest absolute Gasteiger partial charge is 0.480 e. The summed E-state index contributed by atoms with van der Waals surface area (Å²) < 4.78 is 12.0. The lowest BCUT2D eigenvalue weighted by Gasteiger charge is -2.17. The number of anilines is 1. The lowest BCUT2D eigenvalue weighted by Crippen LogP contribution is -2.30. The van der Waals surface area contributed by atoms with E-state index in [9.17, 15) is 9.59 Å². The maximum Gasteiger partial charge on any atom is 0.339 e. The van der Waals surface area contributed by atoms with Gasteiger partial charge in [0.05, 0.1) is 22.8 Å². The van der Waals surface area contributed by atoms with E-state index in [0.29, 0.717) is 11.4 Å². The van der Waals surface area contributed by atoms with Crippen molar-refractivity contribution < 1.29 is 19.1 Å². The van der Waals surface area contributed by atoms with Crippen LogP contribution < -0.4 is 10.1 Å². The van der Waals surface area contributed by atoms with Gasteiger partial charge in [0.1, 0.15) is 5.75 Å². The molecular weight excluding hydrogens is 442 g/mol. The topological polar surface area (TPSA) is 64.6 Å². The highest BCUT2D eigenvalue weighted by molar-refractivity contribution is 9.11. The molecule has 0 fully saturated rings. The van der Waals surface area contributed by atoms with Gasteiger partial charge < -0.3 is 14.8 Å². The van der Waals surface area contributed by atoms with Crippen LogP contribution in [0.3, 0.4) is 0 Å². The molecule has 126 valence electrons. The predicted octanol–water partition coefficient (Wildman–Crippen LogP) is 4.40. The number of nitrogens with one attached hydrogen (secondary N) is 1. The molecule has 0 saturated heterocycles. The Morgan fingerprint density at radius 3 is 2.50 bits per heavy atom. The van der Waals surface area contributed by atoms with Gasteiger partial charge in [-0.1, -0.05) is 28.1 Å². The van der Waals surface area contributed by atoms with Crippen LogP contribution in [0.4, 0.5) is 5.69 Å². The van der Waals surface area contributed by atoms with Crippen LogP contribution >= 0.6 is 31.9 Å². The van der Waals surface area contributed by atoms with Gasteiger partial charge in [-0.05, 0) is 53.2 Å². The Balaban J connectivity index is 2.11. The van der Waals surface area contributed by atoms with Crippen molar-refractivity contribution in [1.82, 2.24) is 0 Å². The number of carbonyl (C=O) groups excluding carboxylic acids is 2. The fraction of sp³-hybridized carbons (Fsp3) is 0.176. The minimum Gasteiger partial charge on any atom is -0.480 e. The summed E-state index contributed by atoms with van der Waals surface area (Å²) in [4.78, 5) is 24.1. The fourth-order valence-corrected chi connectivity index (χ4v) is 3.07. The van der Waals surface area contributed by atoms with E-state index < -0.39 is 12.1 Å². The van der Waals surface area contributed by atoms with Crippen molar-refractivity contribution in [2.45, 2.75) is 13.0 Å². The molecule has 7 heteroatoms. The number of methoxy groups -OCH3 is 1. The summed E-state index contributed by atoms with van der Waals surface area (Å²) >= 11 is 6.74. The fourth-order valence-electron chi connectivity index (χ4n) is 1.93. The van der Waals surface area contributed by atoms with Crippen molar-refractivity contribution >= 4 is 49.4 Å². The number of para-hydroxylation sites is 1. The first-order valence-corrected chi connectivity index (χ1v) is 8.61. The molecule has 0 saturated carbocycles. The SMILES string of the molecule is COC(=O)c1ccccc1NC(=O)C(C)Oc1ccc(Br)cc1Br. The van der Waals surface area contributed by atoms with Gasteiger partial charge in [-0.3, -0.25) is 4.79 Å². The maximum absolute atomic E-state index is 12.3. The van der Waals surface area contributed by atoms with Crippen LogP contribution in [-0.4, -0.2) is 25.1 Å². The van der Waals surface area contributed by atoms with Crippen LogP contribution in [0.1, 0.15) is 17.3 Å². The first kappa shape index (κ1) is 18.5. The first-order chi connectivity index (χ1) is 11.4. The molecule has 0 aliphatic carbocycles. The van der Waals surface area contributed by atoms with Gasteiger partial charge in [0.15, 0.2) is 6.10 Å². The summed E-state index contributed by atoms with van der Waals surface area (Å²) in [6.07, 6.45) is -0.756. The highest BCUT2D eigenvalue weighted by Gasteiger charge is 2.19. The Kier molecular flexibility index (Phi) is 6.39. The third kappa shape index (κ3) is 4.58. The minimum atomic E-state index is -0.756. The first-order valence-electron chi connectivity index (χ1n) is 7.02. The van der Waals surface area contributed by atoms with Crippen LogP contribution in [-0.2, 0) is 9.53 Å². The summed E-state index contributed by atoms with van der Waals surface area (Å²) in [5.74, 6) is -0.349. The van der Waals surface area contributed by atoms with Crippen molar-refractivity contribution in [3.63, 3.8) is 0 Å². The number of benzene rings is 2. The number of rotatable bonds is 5. The second kappa shape index (κ2) is 8.30. The molecule has 24 heavy (non-hydrogen) atoms. The number of hydrogen-bond donors (Lipinski definition) is 1. The van der Waals surface area contributed by atoms with E-state index in [1.165, 1.54) is 7.11 Å². The third-order valence-corrected chi connectivity index (χ3v) is 4.27. The average molecular weight is 457 g/mol. The Hall–Kier alpha value is -1.86. The van der Waals surface area contributed by atoms with E-state index in [2.05, 4.69) is 37.2 Å². The molecule has 0 radical (unpaired) electrons. The molecule has 1 N–H and O–H groups in total. The molecule has 1 atom stereocenters. The van der Waals surface area contributed by atoms with Gasteiger partial charge >= 0.3 is 5.97 Å².